The zero-order chi connectivity index (χ0) is 21.1. The lowest BCUT2D eigenvalue weighted by molar-refractivity contribution is 0.172. The molecule has 1 N–H and O–H groups in total. The molecular formula is C23H29N3O3S. The number of likely N-dealkylation sites (tertiary alicyclic amines) is 1. The highest BCUT2D eigenvalue weighted by molar-refractivity contribution is 7.80. The van der Waals surface area contributed by atoms with Gasteiger partial charge in [0.05, 0.1) is 12.8 Å². The second kappa shape index (κ2) is 9.10. The summed E-state index contributed by atoms with van der Waals surface area (Å²) in [5.74, 6) is 2.39. The summed E-state index contributed by atoms with van der Waals surface area (Å²) in [6.07, 6.45) is 2.15. The van der Waals surface area contributed by atoms with Crippen LogP contribution in [0.5, 0.6) is 17.2 Å². The first-order valence-corrected chi connectivity index (χ1v) is 10.7. The van der Waals surface area contributed by atoms with Crippen LogP contribution in [0.25, 0.3) is 0 Å². The smallest absolute Gasteiger partial charge is 0.231 e. The van der Waals surface area contributed by atoms with Gasteiger partial charge in [0.15, 0.2) is 16.6 Å². The second-order valence-electron chi connectivity index (χ2n) is 7.98. The van der Waals surface area contributed by atoms with Gasteiger partial charge in [-0.25, -0.2) is 0 Å². The zero-order valence-corrected chi connectivity index (χ0v) is 18.6. The maximum Gasteiger partial charge on any atom is 0.231 e. The molecule has 0 atom stereocenters. The van der Waals surface area contributed by atoms with Crippen LogP contribution in [0.4, 0.5) is 5.69 Å². The van der Waals surface area contributed by atoms with Crippen LogP contribution >= 0.6 is 12.2 Å². The molecule has 0 amide bonds. The summed E-state index contributed by atoms with van der Waals surface area (Å²) < 4.78 is 16.6. The van der Waals surface area contributed by atoms with Crippen molar-refractivity contribution in [3.63, 3.8) is 0 Å². The zero-order valence-electron chi connectivity index (χ0n) is 17.8. The molecule has 0 unspecified atom stereocenters. The summed E-state index contributed by atoms with van der Waals surface area (Å²) in [5, 5.41) is 4.16. The van der Waals surface area contributed by atoms with Crippen LogP contribution in [-0.4, -0.2) is 55.0 Å². The van der Waals surface area contributed by atoms with Crippen LogP contribution in [0.15, 0.2) is 36.4 Å². The molecule has 0 radical (unpaired) electrons. The molecule has 4 rings (SSSR count). The van der Waals surface area contributed by atoms with Crippen LogP contribution in [0.2, 0.25) is 0 Å². The van der Waals surface area contributed by atoms with Crippen molar-refractivity contribution in [2.45, 2.75) is 32.4 Å². The highest BCUT2D eigenvalue weighted by Crippen LogP contribution is 2.33. The molecule has 0 aliphatic carbocycles. The number of fused-ring (bicyclic) bond motifs is 1. The van der Waals surface area contributed by atoms with Crippen LogP contribution in [-0.2, 0) is 6.54 Å². The van der Waals surface area contributed by atoms with E-state index in [2.05, 4.69) is 47.3 Å². The monoisotopic (exact) mass is 427 g/mol. The molecule has 30 heavy (non-hydrogen) atoms. The summed E-state index contributed by atoms with van der Waals surface area (Å²) in [6.45, 7) is 5.20. The van der Waals surface area contributed by atoms with Gasteiger partial charge in [0.2, 0.25) is 6.79 Å². The number of thiocarbonyl (C=S) groups is 1. The molecule has 2 aromatic rings. The van der Waals surface area contributed by atoms with Crippen molar-refractivity contribution in [3.8, 4) is 17.2 Å². The average molecular weight is 428 g/mol. The molecule has 2 aromatic carbocycles. The molecule has 2 heterocycles. The number of ether oxygens (including phenoxy) is 3. The van der Waals surface area contributed by atoms with E-state index in [0.717, 1.165) is 60.0 Å². The number of piperidine rings is 1. The molecule has 1 saturated heterocycles. The summed E-state index contributed by atoms with van der Waals surface area (Å²) >= 11 is 5.91. The fourth-order valence-electron chi connectivity index (χ4n) is 4.02. The average Bonchev–Trinajstić information content (AvgIpc) is 3.21. The van der Waals surface area contributed by atoms with E-state index in [0.29, 0.717) is 17.7 Å². The van der Waals surface area contributed by atoms with E-state index in [1.54, 1.807) is 7.11 Å². The second-order valence-corrected chi connectivity index (χ2v) is 8.37. The van der Waals surface area contributed by atoms with Gasteiger partial charge in [-0.05, 0) is 87.5 Å². The normalized spacial score (nSPS) is 16.4. The van der Waals surface area contributed by atoms with Crippen molar-refractivity contribution in [3.05, 3.63) is 47.5 Å². The molecule has 1 fully saturated rings. The highest BCUT2D eigenvalue weighted by atomic mass is 32.1. The third-order valence-corrected chi connectivity index (χ3v) is 6.11. The first-order chi connectivity index (χ1) is 14.5. The molecule has 0 spiro atoms. The minimum absolute atomic E-state index is 0.282. The molecule has 0 saturated carbocycles. The standard InChI is InChI=1S/C23H29N3O3S/c1-16-4-6-20(27-3)19(12-16)24-23(30)26(18-8-10-25(2)11-9-18)14-17-5-7-21-22(13-17)29-15-28-21/h4-7,12-13,18H,8-11,14-15H2,1-3H3,(H,24,30). The van der Waals surface area contributed by atoms with Gasteiger partial charge in [0.25, 0.3) is 0 Å². The minimum atomic E-state index is 0.282. The van der Waals surface area contributed by atoms with Gasteiger partial charge in [-0.3, -0.25) is 0 Å². The lowest BCUT2D eigenvalue weighted by atomic mass is 10.0. The maximum absolute atomic E-state index is 5.91. The minimum Gasteiger partial charge on any atom is -0.495 e. The number of benzene rings is 2. The molecule has 0 bridgehead atoms. The van der Waals surface area contributed by atoms with E-state index in [9.17, 15) is 0 Å². The Hall–Kier alpha value is -2.51. The third-order valence-electron chi connectivity index (χ3n) is 5.78. The van der Waals surface area contributed by atoms with Gasteiger partial charge in [0, 0.05) is 12.6 Å². The highest BCUT2D eigenvalue weighted by Gasteiger charge is 2.26. The Labute approximate surface area is 183 Å². The number of anilines is 1. The van der Waals surface area contributed by atoms with Crippen molar-refractivity contribution < 1.29 is 14.2 Å². The Balaban J connectivity index is 1.57. The molecule has 2 aliphatic rings. The van der Waals surface area contributed by atoms with Crippen molar-refractivity contribution in [2.75, 3.05) is 39.4 Å². The van der Waals surface area contributed by atoms with Gasteiger partial charge >= 0.3 is 0 Å². The lowest BCUT2D eigenvalue weighted by Crippen LogP contribution is -2.47. The largest absolute Gasteiger partial charge is 0.495 e. The molecule has 6 nitrogen and oxygen atoms in total. The topological polar surface area (TPSA) is 46.2 Å². The van der Waals surface area contributed by atoms with E-state index < -0.39 is 0 Å². The number of methoxy groups -OCH3 is 1. The Bertz CT molecular complexity index is 913. The van der Waals surface area contributed by atoms with Gasteiger partial charge in [0.1, 0.15) is 5.75 Å². The molecule has 7 heteroatoms. The first kappa shape index (κ1) is 20.8. The van der Waals surface area contributed by atoms with Gasteiger partial charge in [-0.15, -0.1) is 0 Å². The predicted octanol–water partition coefficient (Wildman–Crippen LogP) is 4.03. The van der Waals surface area contributed by atoms with Gasteiger partial charge in [-0.1, -0.05) is 12.1 Å². The number of nitrogens with zero attached hydrogens (tertiary/aromatic N) is 2. The van der Waals surface area contributed by atoms with Crippen molar-refractivity contribution in [2.24, 2.45) is 0 Å². The first-order valence-electron chi connectivity index (χ1n) is 10.3. The van der Waals surface area contributed by atoms with Crippen molar-refractivity contribution >= 4 is 23.0 Å². The Kier molecular flexibility index (Phi) is 6.29. The predicted molar refractivity (Wildman–Crippen MR) is 123 cm³/mol. The third kappa shape index (κ3) is 4.63. The van der Waals surface area contributed by atoms with Gasteiger partial charge in [-0.2, -0.15) is 0 Å². The van der Waals surface area contributed by atoms with E-state index >= 15 is 0 Å². The molecular weight excluding hydrogens is 398 g/mol. The Morgan fingerprint density at radius 1 is 1.17 bits per heavy atom. The SMILES string of the molecule is COc1ccc(C)cc1NC(=S)N(Cc1ccc2c(c1)OCO2)C1CCN(C)CC1. The Morgan fingerprint density at radius 3 is 2.70 bits per heavy atom. The van der Waals surface area contributed by atoms with Crippen LogP contribution in [0, 0.1) is 6.92 Å². The fraction of sp³-hybridized carbons (Fsp3) is 0.435. The number of nitrogens with one attached hydrogen (secondary N) is 1. The lowest BCUT2D eigenvalue weighted by Gasteiger charge is -2.39. The molecule has 2 aliphatic heterocycles. The summed E-state index contributed by atoms with van der Waals surface area (Å²) in [6, 6.07) is 12.6. The van der Waals surface area contributed by atoms with Crippen molar-refractivity contribution in [1.29, 1.82) is 0 Å². The summed E-state index contributed by atoms with van der Waals surface area (Å²) in [5.41, 5.74) is 3.20. The molecule has 160 valence electrons. The van der Waals surface area contributed by atoms with E-state index in [-0.39, 0.29) is 6.79 Å². The van der Waals surface area contributed by atoms with Gasteiger partial charge < -0.3 is 29.3 Å². The maximum atomic E-state index is 5.91. The number of hydrogen-bond acceptors (Lipinski definition) is 5. The van der Waals surface area contributed by atoms with E-state index in [4.69, 9.17) is 26.4 Å². The number of hydrogen-bond donors (Lipinski definition) is 1. The van der Waals surface area contributed by atoms with Crippen LogP contribution in [0.1, 0.15) is 24.0 Å². The fourth-order valence-corrected chi connectivity index (χ4v) is 4.34. The number of aryl methyl sites for hydroxylation is 1. The van der Waals surface area contributed by atoms with E-state index in [1.165, 1.54) is 0 Å². The van der Waals surface area contributed by atoms with Crippen LogP contribution < -0.4 is 19.5 Å². The quantitative estimate of drug-likeness (QED) is 0.723. The van der Waals surface area contributed by atoms with Crippen LogP contribution in [0.3, 0.4) is 0 Å². The van der Waals surface area contributed by atoms with E-state index in [1.807, 2.05) is 18.2 Å². The number of rotatable bonds is 5. The summed E-state index contributed by atoms with van der Waals surface area (Å²) in [7, 11) is 3.85. The molecule has 0 aromatic heterocycles. The van der Waals surface area contributed by atoms with Crippen molar-refractivity contribution in [1.82, 2.24) is 9.80 Å². The Morgan fingerprint density at radius 2 is 1.93 bits per heavy atom. The summed E-state index contributed by atoms with van der Waals surface area (Å²) in [4.78, 5) is 4.68.